The molecule has 5 nitrogen and oxygen atoms in total. The number of ether oxygens (including phenoxy) is 1. The van der Waals surface area contributed by atoms with Gasteiger partial charge in [-0.25, -0.2) is 0 Å². The van der Waals surface area contributed by atoms with Crippen molar-refractivity contribution in [2.75, 3.05) is 13.7 Å². The fourth-order valence-electron chi connectivity index (χ4n) is 1.31. The molecule has 17 heavy (non-hydrogen) atoms. The summed E-state index contributed by atoms with van der Waals surface area (Å²) in [4.78, 5) is 22.7. The fourth-order valence-corrected chi connectivity index (χ4v) is 3.15. The Morgan fingerprint density at radius 2 is 2.29 bits per heavy atom. The van der Waals surface area contributed by atoms with E-state index in [1.54, 1.807) is 0 Å². The molecule has 2 N–H and O–H groups in total. The first-order valence-electron chi connectivity index (χ1n) is 5.19. The maximum absolute atomic E-state index is 11.8. The molecule has 94 valence electrons. The van der Waals surface area contributed by atoms with Crippen molar-refractivity contribution in [3.8, 4) is 0 Å². The second kappa shape index (κ2) is 7.49. The molecule has 0 aliphatic heterocycles. The van der Waals surface area contributed by atoms with E-state index in [1.165, 1.54) is 17.6 Å². The van der Waals surface area contributed by atoms with Gasteiger partial charge < -0.3 is 0 Å². The number of nitrogens with one attached hydrogen (secondary N) is 2. The standard InChI is InChI=1S/C11H16N2O3Te/c1-8(14)13-10(7-16-2)11(15)12-6-9-4-3-5-17-9/h3-5,10H,6-7H2,1-2H3,(H,12,15)(H,13,14)/t10-/m1/s1. The van der Waals surface area contributed by atoms with Crippen LogP contribution in [-0.2, 0) is 20.9 Å². The predicted octanol–water partition coefficient (Wildman–Crippen LogP) is -0.489. The van der Waals surface area contributed by atoms with Gasteiger partial charge in [0.25, 0.3) is 0 Å². The van der Waals surface area contributed by atoms with E-state index in [2.05, 4.69) is 14.7 Å². The summed E-state index contributed by atoms with van der Waals surface area (Å²) in [5.74, 6) is -0.444. The van der Waals surface area contributed by atoms with Crippen molar-refractivity contribution in [2.45, 2.75) is 19.5 Å². The minimum absolute atomic E-state index is 0.180. The van der Waals surface area contributed by atoms with E-state index in [0.717, 1.165) is 0 Å². The molecule has 0 aliphatic carbocycles. The SMILES string of the molecule is COC[C@@H](NC(C)=O)C(=O)NCc1ccc[te]1. The molecule has 1 heterocycles. The van der Waals surface area contributed by atoms with Crippen LogP contribution in [0, 0.1) is 0 Å². The third-order valence-electron chi connectivity index (χ3n) is 2.04. The minimum atomic E-state index is -0.618. The van der Waals surface area contributed by atoms with Crippen LogP contribution in [0.25, 0.3) is 0 Å². The third kappa shape index (κ3) is 5.35. The van der Waals surface area contributed by atoms with Gasteiger partial charge in [-0.05, 0) is 0 Å². The molecule has 1 atom stereocenters. The number of hydrogen-bond donors (Lipinski definition) is 2. The van der Waals surface area contributed by atoms with Crippen molar-refractivity contribution in [3.63, 3.8) is 0 Å². The molecule has 0 fully saturated rings. The Bertz CT molecular complexity index is 365. The Hall–Kier alpha value is -0.830. The number of carbonyl (C=O) groups excluding carboxylic acids is 2. The summed E-state index contributed by atoms with van der Waals surface area (Å²) in [6.07, 6.45) is 0. The fraction of sp³-hybridized carbons (Fsp3) is 0.455. The predicted molar refractivity (Wildman–Crippen MR) is 64.7 cm³/mol. The zero-order chi connectivity index (χ0) is 12.7. The molecule has 0 aliphatic rings. The first-order valence-corrected chi connectivity index (χ1v) is 7.70. The van der Waals surface area contributed by atoms with E-state index < -0.39 is 6.04 Å². The summed E-state index contributed by atoms with van der Waals surface area (Å²) in [6.45, 7) is 2.12. The van der Waals surface area contributed by atoms with E-state index >= 15 is 0 Å². The maximum atomic E-state index is 11.8. The molecule has 0 radical (unpaired) electrons. The Kier molecular flexibility index (Phi) is 6.27. The third-order valence-corrected chi connectivity index (χ3v) is 4.55. The number of hydrogen-bond acceptors (Lipinski definition) is 3. The monoisotopic (exact) mass is 354 g/mol. The summed E-state index contributed by atoms with van der Waals surface area (Å²) in [5.41, 5.74) is 0. The van der Waals surface area contributed by atoms with Crippen LogP contribution in [0.3, 0.4) is 0 Å². The van der Waals surface area contributed by atoms with Gasteiger partial charge in [0.05, 0.1) is 0 Å². The quantitative estimate of drug-likeness (QED) is 0.680. The zero-order valence-electron chi connectivity index (χ0n) is 9.86. The van der Waals surface area contributed by atoms with E-state index in [4.69, 9.17) is 4.74 Å². The van der Waals surface area contributed by atoms with Gasteiger partial charge in [-0.2, -0.15) is 0 Å². The molecule has 0 aromatic carbocycles. The molecule has 0 unspecified atom stereocenters. The van der Waals surface area contributed by atoms with Gasteiger partial charge in [0.15, 0.2) is 0 Å². The van der Waals surface area contributed by atoms with Crippen molar-refractivity contribution in [3.05, 3.63) is 19.8 Å². The van der Waals surface area contributed by atoms with Gasteiger partial charge in [0.1, 0.15) is 0 Å². The summed E-state index contributed by atoms with van der Waals surface area (Å²) in [6, 6.07) is 3.43. The molecule has 6 heteroatoms. The van der Waals surface area contributed by atoms with Crippen LogP contribution >= 0.6 is 0 Å². The summed E-state index contributed by atoms with van der Waals surface area (Å²) in [7, 11) is 1.50. The first kappa shape index (κ1) is 14.2. The Balaban J connectivity index is 2.44. The topological polar surface area (TPSA) is 67.4 Å². The molecule has 0 saturated heterocycles. The Labute approximate surface area is 110 Å². The van der Waals surface area contributed by atoms with Crippen molar-refractivity contribution in [1.82, 2.24) is 10.6 Å². The number of amides is 2. The Morgan fingerprint density at radius 1 is 1.53 bits per heavy atom. The summed E-state index contributed by atoms with van der Waals surface area (Å²) < 4.78 is 8.34. The number of rotatable bonds is 6. The molecule has 0 saturated carbocycles. The van der Waals surface area contributed by atoms with Crippen LogP contribution in [-0.4, -0.2) is 52.0 Å². The van der Waals surface area contributed by atoms with Crippen LogP contribution in [0.5, 0.6) is 0 Å². The molecular formula is C11H16N2O3Te. The van der Waals surface area contributed by atoms with Gasteiger partial charge in [-0.3, -0.25) is 0 Å². The van der Waals surface area contributed by atoms with Crippen LogP contribution in [0.1, 0.15) is 10.5 Å². The Morgan fingerprint density at radius 3 is 2.82 bits per heavy atom. The molecule has 0 spiro atoms. The first-order chi connectivity index (χ1) is 8.13. The van der Waals surface area contributed by atoms with Gasteiger partial charge in [-0.15, -0.1) is 0 Å². The van der Waals surface area contributed by atoms with Gasteiger partial charge >= 0.3 is 110 Å². The van der Waals surface area contributed by atoms with Gasteiger partial charge in [0, 0.05) is 0 Å². The number of methoxy groups -OCH3 is 1. The molecule has 0 bridgehead atoms. The van der Waals surface area contributed by atoms with Crippen molar-refractivity contribution in [1.29, 1.82) is 0 Å². The van der Waals surface area contributed by atoms with Crippen molar-refractivity contribution < 1.29 is 14.3 Å². The zero-order valence-corrected chi connectivity index (χ0v) is 12.2. The number of carbonyl (C=O) groups is 2. The molecular weight excluding hydrogens is 336 g/mol. The summed E-state index contributed by atoms with van der Waals surface area (Å²) in [5, 5.41) is 5.36. The molecule has 1 aromatic heterocycles. The van der Waals surface area contributed by atoms with Gasteiger partial charge in [-0.1, -0.05) is 0 Å². The molecule has 1 rings (SSSR count). The average molecular weight is 352 g/mol. The van der Waals surface area contributed by atoms with Crippen molar-refractivity contribution >= 4 is 32.2 Å². The van der Waals surface area contributed by atoms with E-state index in [1.807, 2.05) is 12.1 Å². The second-order valence-electron chi connectivity index (χ2n) is 3.51. The molecule has 1 aromatic rings. The van der Waals surface area contributed by atoms with Crippen LogP contribution in [0.4, 0.5) is 0 Å². The summed E-state index contributed by atoms with van der Waals surface area (Å²) >= 11 is -0.222. The van der Waals surface area contributed by atoms with Crippen LogP contribution < -0.4 is 10.6 Å². The van der Waals surface area contributed by atoms with Gasteiger partial charge in [0.2, 0.25) is 0 Å². The van der Waals surface area contributed by atoms with Crippen molar-refractivity contribution in [2.24, 2.45) is 0 Å². The van der Waals surface area contributed by atoms with E-state index in [9.17, 15) is 9.59 Å². The van der Waals surface area contributed by atoms with E-state index in [-0.39, 0.29) is 38.9 Å². The second-order valence-corrected chi connectivity index (χ2v) is 6.45. The van der Waals surface area contributed by atoms with Crippen LogP contribution in [0.15, 0.2) is 16.2 Å². The van der Waals surface area contributed by atoms with Crippen LogP contribution in [0.2, 0.25) is 0 Å². The molecule has 2 amide bonds. The average Bonchev–Trinajstić information content (AvgIpc) is 2.77. The normalized spacial score (nSPS) is 11.9. The van der Waals surface area contributed by atoms with E-state index in [0.29, 0.717) is 6.54 Å².